The normalized spacial score (nSPS) is 25.2. The second-order valence-corrected chi connectivity index (χ2v) is 7.49. The molecule has 0 spiro atoms. The average Bonchev–Trinajstić information content (AvgIpc) is 2.79. The fourth-order valence-corrected chi connectivity index (χ4v) is 3.56. The summed E-state index contributed by atoms with van der Waals surface area (Å²) in [4.78, 5) is 12.6. The van der Waals surface area contributed by atoms with E-state index in [0.29, 0.717) is 5.56 Å². The minimum absolute atomic E-state index is 0.0314. The number of benzene rings is 2. The number of aliphatic hydroxyl groups excluding tert-OH is 4. The van der Waals surface area contributed by atoms with Gasteiger partial charge < -0.3 is 49.3 Å². The van der Waals surface area contributed by atoms with E-state index in [-0.39, 0.29) is 39.7 Å². The second kappa shape index (κ2) is 8.89. The van der Waals surface area contributed by atoms with E-state index in [2.05, 4.69) is 0 Å². The minimum Gasteiger partial charge on any atom is -0.507 e. The maximum atomic E-state index is 12.6. The lowest BCUT2D eigenvalue weighted by atomic mass is 9.99. The number of ether oxygens (including phenoxy) is 3. The molecule has 2 unspecified atom stereocenters. The van der Waals surface area contributed by atoms with E-state index in [1.165, 1.54) is 37.4 Å². The van der Waals surface area contributed by atoms with Gasteiger partial charge in [0.05, 0.1) is 13.7 Å². The Labute approximate surface area is 186 Å². The second-order valence-electron chi connectivity index (χ2n) is 7.49. The molecule has 4 rings (SSSR count). The molecule has 1 aromatic heterocycles. The molecule has 1 aliphatic rings. The summed E-state index contributed by atoms with van der Waals surface area (Å²) >= 11 is 0. The van der Waals surface area contributed by atoms with Crippen LogP contribution in [0.2, 0.25) is 0 Å². The largest absolute Gasteiger partial charge is 0.507 e. The number of aliphatic hydroxyl groups is 4. The lowest BCUT2D eigenvalue weighted by molar-refractivity contribution is -0.277. The third kappa shape index (κ3) is 4.19. The highest BCUT2D eigenvalue weighted by Gasteiger charge is 2.45. The van der Waals surface area contributed by atoms with Gasteiger partial charge in [-0.2, -0.15) is 0 Å². The first-order valence-electron chi connectivity index (χ1n) is 9.89. The maximum absolute atomic E-state index is 12.6. The van der Waals surface area contributed by atoms with Crippen molar-refractivity contribution in [3.8, 4) is 34.3 Å². The molecule has 0 radical (unpaired) electrons. The van der Waals surface area contributed by atoms with Crippen LogP contribution >= 0.6 is 0 Å². The summed E-state index contributed by atoms with van der Waals surface area (Å²) in [6, 6.07) is 7.87. The molecule has 33 heavy (non-hydrogen) atoms. The smallest absolute Gasteiger partial charge is 0.229 e. The van der Waals surface area contributed by atoms with Crippen molar-refractivity contribution in [3.05, 3.63) is 46.6 Å². The van der Waals surface area contributed by atoms with Gasteiger partial charge in [-0.05, 0) is 18.2 Å². The van der Waals surface area contributed by atoms with E-state index < -0.39 is 42.7 Å². The number of phenolic OH excluding ortho intramolecular Hbond substituents is 2. The third-order valence-corrected chi connectivity index (χ3v) is 5.35. The molecule has 11 heteroatoms. The van der Waals surface area contributed by atoms with E-state index in [1.54, 1.807) is 0 Å². The van der Waals surface area contributed by atoms with Crippen LogP contribution in [-0.2, 0) is 4.74 Å². The molecule has 176 valence electrons. The van der Waals surface area contributed by atoms with Crippen molar-refractivity contribution in [1.29, 1.82) is 0 Å². The average molecular weight is 462 g/mol. The molecule has 5 atom stereocenters. The first-order valence-corrected chi connectivity index (χ1v) is 9.89. The minimum atomic E-state index is -1.68. The van der Waals surface area contributed by atoms with Crippen LogP contribution in [0.4, 0.5) is 0 Å². The molecule has 2 aromatic carbocycles. The zero-order valence-corrected chi connectivity index (χ0v) is 17.3. The lowest BCUT2D eigenvalue weighted by Gasteiger charge is -2.39. The van der Waals surface area contributed by atoms with Gasteiger partial charge in [0, 0.05) is 23.8 Å². The Bertz CT molecular complexity index is 1220. The molecule has 0 saturated carbocycles. The zero-order valence-electron chi connectivity index (χ0n) is 17.3. The Kier molecular flexibility index (Phi) is 6.15. The Morgan fingerprint density at radius 2 is 1.73 bits per heavy atom. The predicted molar refractivity (Wildman–Crippen MR) is 112 cm³/mol. The van der Waals surface area contributed by atoms with Gasteiger partial charge in [-0.3, -0.25) is 4.79 Å². The summed E-state index contributed by atoms with van der Waals surface area (Å²) in [7, 11) is 1.39. The number of rotatable bonds is 5. The van der Waals surface area contributed by atoms with Crippen LogP contribution in [0.1, 0.15) is 0 Å². The Balaban J connectivity index is 1.70. The SMILES string of the molecule is COc1cc(O)c2c(=O)cc(-c3ccc(O)c(O[C@@H]4OC(CO)[C@H](O)C(O)[C@@H]4O)c3)oc2c1. The summed E-state index contributed by atoms with van der Waals surface area (Å²) in [6.45, 7) is -0.643. The van der Waals surface area contributed by atoms with E-state index in [1.807, 2.05) is 0 Å². The lowest BCUT2D eigenvalue weighted by Crippen LogP contribution is -2.60. The number of methoxy groups -OCH3 is 1. The van der Waals surface area contributed by atoms with Crippen molar-refractivity contribution in [2.24, 2.45) is 0 Å². The van der Waals surface area contributed by atoms with E-state index in [9.17, 15) is 35.4 Å². The van der Waals surface area contributed by atoms with Gasteiger partial charge in [0.1, 0.15) is 52.6 Å². The monoisotopic (exact) mass is 462 g/mol. The van der Waals surface area contributed by atoms with Gasteiger partial charge >= 0.3 is 0 Å². The Morgan fingerprint density at radius 3 is 2.42 bits per heavy atom. The van der Waals surface area contributed by atoms with Gasteiger partial charge in [-0.25, -0.2) is 0 Å². The van der Waals surface area contributed by atoms with Crippen molar-refractivity contribution in [3.63, 3.8) is 0 Å². The Hall–Kier alpha value is -3.35. The van der Waals surface area contributed by atoms with Crippen molar-refractivity contribution < 1.29 is 49.3 Å². The van der Waals surface area contributed by atoms with Crippen LogP contribution in [0.15, 0.2) is 45.6 Å². The van der Waals surface area contributed by atoms with Gasteiger partial charge in [-0.1, -0.05) is 0 Å². The standard InChI is InChI=1S/C22H22O11/c1-30-10-5-12(25)18-13(26)7-14(31-16(18)6-10)9-2-3-11(24)15(4-9)32-22-21(29)20(28)19(27)17(8-23)33-22/h2-7,17,19-25,27-29H,8H2,1H3/t17?,19-,20?,21-,22+/m0/s1. The van der Waals surface area contributed by atoms with Crippen molar-refractivity contribution in [1.82, 2.24) is 0 Å². The predicted octanol–water partition coefficient (Wildman–Crippen LogP) is 0.0585. The van der Waals surface area contributed by atoms with Gasteiger partial charge in [0.15, 0.2) is 16.9 Å². The first-order chi connectivity index (χ1) is 15.7. The van der Waals surface area contributed by atoms with Gasteiger partial charge in [-0.15, -0.1) is 0 Å². The van der Waals surface area contributed by atoms with E-state index >= 15 is 0 Å². The van der Waals surface area contributed by atoms with Gasteiger partial charge in [0.25, 0.3) is 0 Å². The summed E-state index contributed by atoms with van der Waals surface area (Å²) in [5, 5.41) is 59.6. The zero-order chi connectivity index (χ0) is 23.9. The first kappa shape index (κ1) is 22.8. The summed E-state index contributed by atoms with van der Waals surface area (Å²) in [6.07, 6.45) is -7.62. The third-order valence-electron chi connectivity index (χ3n) is 5.35. The van der Waals surface area contributed by atoms with Crippen molar-refractivity contribution >= 4 is 11.0 Å². The molecule has 0 aliphatic carbocycles. The van der Waals surface area contributed by atoms with Crippen molar-refractivity contribution in [2.75, 3.05) is 13.7 Å². The molecular weight excluding hydrogens is 440 g/mol. The van der Waals surface area contributed by atoms with E-state index in [4.69, 9.17) is 18.6 Å². The quantitative estimate of drug-likeness (QED) is 0.302. The number of hydrogen-bond acceptors (Lipinski definition) is 11. The highest BCUT2D eigenvalue weighted by molar-refractivity contribution is 5.86. The summed E-state index contributed by atoms with van der Waals surface area (Å²) < 4.78 is 21.6. The van der Waals surface area contributed by atoms with Crippen LogP contribution in [0.3, 0.4) is 0 Å². The van der Waals surface area contributed by atoms with Crippen LogP contribution in [0.5, 0.6) is 23.0 Å². The maximum Gasteiger partial charge on any atom is 0.229 e. The fourth-order valence-electron chi connectivity index (χ4n) is 3.56. The van der Waals surface area contributed by atoms with Crippen LogP contribution in [0, 0.1) is 0 Å². The number of phenols is 2. The topological polar surface area (TPSA) is 179 Å². The molecule has 1 aliphatic heterocycles. The summed E-state index contributed by atoms with van der Waals surface area (Å²) in [5.41, 5.74) is -0.150. The highest BCUT2D eigenvalue weighted by Crippen LogP contribution is 2.36. The van der Waals surface area contributed by atoms with Crippen LogP contribution in [-0.4, -0.2) is 75.1 Å². The number of fused-ring (bicyclic) bond motifs is 1. The molecule has 11 nitrogen and oxygen atoms in total. The fraction of sp³-hybridized carbons (Fsp3) is 0.318. The molecule has 3 aromatic rings. The van der Waals surface area contributed by atoms with Crippen LogP contribution in [0.25, 0.3) is 22.3 Å². The highest BCUT2D eigenvalue weighted by atomic mass is 16.7. The molecule has 1 saturated heterocycles. The molecule has 1 fully saturated rings. The number of hydrogen-bond donors (Lipinski definition) is 6. The summed E-state index contributed by atoms with van der Waals surface area (Å²) in [5.74, 6) is -0.482. The van der Waals surface area contributed by atoms with E-state index in [0.717, 1.165) is 6.07 Å². The molecule has 2 heterocycles. The van der Waals surface area contributed by atoms with Gasteiger partial charge in [0.2, 0.25) is 6.29 Å². The number of aromatic hydroxyl groups is 2. The Morgan fingerprint density at radius 1 is 0.970 bits per heavy atom. The molecular formula is C22H22O11. The van der Waals surface area contributed by atoms with Crippen LogP contribution < -0.4 is 14.9 Å². The molecule has 0 bridgehead atoms. The molecule has 0 amide bonds. The van der Waals surface area contributed by atoms with Crippen molar-refractivity contribution in [2.45, 2.75) is 30.7 Å². The molecule has 6 N–H and O–H groups in total.